The highest BCUT2D eigenvalue weighted by Gasteiger charge is 2.71. The maximum Gasteiger partial charge on any atom is 0.399 e. The molecule has 0 radical (unpaired) electrons. The number of Topliss-reactive ketones (excluding diaryl/α,β-unsaturated/α-hetero) is 2. The van der Waals surface area contributed by atoms with Crippen LogP contribution in [0, 0.1) is 22.0 Å². The Bertz CT molecular complexity index is 1630. The number of hydrogen-bond donors (Lipinski definition) is 7. The molecule has 8 N–H and O–H groups in total. The van der Waals surface area contributed by atoms with E-state index in [1.54, 1.807) is 13.8 Å². The molecule has 3 aliphatic rings. The van der Waals surface area contributed by atoms with Crippen LogP contribution in [0.15, 0.2) is 28.7 Å². The van der Waals surface area contributed by atoms with Crippen LogP contribution in [-0.4, -0.2) is 92.2 Å². The standard InChI is InChI=1S/C24H28N4O13S/c1-8(2)26-11-7-12(28(36)37)17(29)15-10(11)5-9-6-13-23(35,19(31)14(9)18(15)30)20(32)16(22(25)34)21(33)24(13,27(3)4)41-42(38,39)40/h7-9,13,26,29,31,33,35H,5-6H2,1-4H3,(H2,25,34)(H,38,39,40)/t9?,13?,23-,24+/m0/s1. The van der Waals surface area contributed by atoms with Crippen LogP contribution in [0.4, 0.5) is 11.4 Å². The number of nitro groups is 1. The number of nitrogens with two attached hydrogens (primary N) is 1. The van der Waals surface area contributed by atoms with Gasteiger partial charge in [-0.25, -0.2) is 4.18 Å². The van der Waals surface area contributed by atoms with Gasteiger partial charge in [0.1, 0.15) is 11.3 Å². The van der Waals surface area contributed by atoms with Gasteiger partial charge in [0.2, 0.25) is 17.3 Å². The summed E-state index contributed by atoms with van der Waals surface area (Å²) in [5, 5.41) is 59.7. The van der Waals surface area contributed by atoms with E-state index >= 15 is 0 Å². The molecule has 0 heterocycles. The number of nitro benzene ring substituents is 1. The third-order valence-electron chi connectivity index (χ3n) is 7.76. The molecule has 2 unspecified atom stereocenters. The third kappa shape index (κ3) is 4.21. The molecule has 4 rings (SSSR count). The maximum absolute atomic E-state index is 13.8. The van der Waals surface area contributed by atoms with Gasteiger partial charge in [0.15, 0.2) is 17.1 Å². The first-order valence-electron chi connectivity index (χ1n) is 12.4. The van der Waals surface area contributed by atoms with Crippen LogP contribution >= 0.6 is 0 Å². The second-order valence-corrected chi connectivity index (χ2v) is 11.8. The zero-order valence-electron chi connectivity index (χ0n) is 22.6. The van der Waals surface area contributed by atoms with E-state index in [4.69, 9.17) is 9.92 Å². The van der Waals surface area contributed by atoms with Gasteiger partial charge in [-0.1, -0.05) is 0 Å². The molecule has 0 aliphatic heterocycles. The largest absolute Gasteiger partial charge is 0.508 e. The van der Waals surface area contributed by atoms with Gasteiger partial charge in [0.05, 0.1) is 16.4 Å². The molecule has 17 nitrogen and oxygen atoms in total. The number of fused-ring (bicyclic) bond motifs is 3. The van der Waals surface area contributed by atoms with Crippen LogP contribution in [0.3, 0.4) is 0 Å². The third-order valence-corrected chi connectivity index (χ3v) is 8.23. The van der Waals surface area contributed by atoms with Crippen molar-refractivity contribution >= 4 is 39.2 Å². The molecule has 0 fully saturated rings. The number of phenolic OH excluding ortho intramolecular Hbond substituents is 1. The lowest BCUT2D eigenvalue weighted by Crippen LogP contribution is -2.71. The Morgan fingerprint density at radius 3 is 2.31 bits per heavy atom. The fraction of sp³-hybridized carbons (Fsp3) is 0.458. The van der Waals surface area contributed by atoms with Gasteiger partial charge >= 0.3 is 16.1 Å². The monoisotopic (exact) mass is 612 g/mol. The summed E-state index contributed by atoms with van der Waals surface area (Å²) in [7, 11) is -3.32. The van der Waals surface area contributed by atoms with Gasteiger partial charge in [-0.05, 0) is 52.3 Å². The van der Waals surface area contributed by atoms with Crippen molar-refractivity contribution in [1.29, 1.82) is 0 Å². The van der Waals surface area contributed by atoms with Gasteiger partial charge in [-0.15, -0.1) is 0 Å². The minimum Gasteiger partial charge on any atom is -0.508 e. The number of anilines is 1. The van der Waals surface area contributed by atoms with Crippen molar-refractivity contribution in [3.63, 3.8) is 0 Å². The first-order chi connectivity index (χ1) is 19.2. The van der Waals surface area contributed by atoms with Crippen LogP contribution in [0.1, 0.15) is 36.2 Å². The normalized spacial score (nSPS) is 27.6. The average molecular weight is 613 g/mol. The number of aromatic hydroxyl groups is 1. The van der Waals surface area contributed by atoms with Gasteiger partial charge < -0.3 is 31.5 Å². The fourth-order valence-corrected chi connectivity index (χ4v) is 6.83. The molecular formula is C24H28N4O13S. The Labute approximate surface area is 238 Å². The molecule has 0 spiro atoms. The van der Waals surface area contributed by atoms with E-state index in [9.17, 15) is 57.9 Å². The van der Waals surface area contributed by atoms with Crippen LogP contribution in [-0.2, 0) is 30.6 Å². The molecule has 1 amide bonds. The summed E-state index contributed by atoms with van der Waals surface area (Å²) in [6, 6.07) is 0.698. The molecule has 4 atom stereocenters. The summed E-state index contributed by atoms with van der Waals surface area (Å²) in [6.07, 6.45) is -0.861. The number of carbonyl (C=O) groups excluding carboxylic acids is 3. The lowest BCUT2D eigenvalue weighted by Gasteiger charge is -2.54. The molecule has 1 aromatic rings. The highest BCUT2D eigenvalue weighted by Crippen LogP contribution is 2.57. The average Bonchev–Trinajstić information content (AvgIpc) is 2.83. The molecule has 0 bridgehead atoms. The molecule has 18 heteroatoms. The second-order valence-electron chi connectivity index (χ2n) is 10.8. The second kappa shape index (κ2) is 9.73. The number of carbonyl (C=O) groups is 3. The zero-order valence-corrected chi connectivity index (χ0v) is 23.4. The summed E-state index contributed by atoms with van der Waals surface area (Å²) in [5.41, 5.74) is -4.32. The van der Waals surface area contributed by atoms with Crippen LogP contribution in [0.2, 0.25) is 0 Å². The number of ketones is 2. The first-order valence-corrected chi connectivity index (χ1v) is 13.7. The number of aliphatic hydroxyl groups excluding tert-OH is 2. The van der Waals surface area contributed by atoms with Crippen molar-refractivity contribution in [3.05, 3.63) is 50.0 Å². The Morgan fingerprint density at radius 2 is 1.83 bits per heavy atom. The molecule has 228 valence electrons. The highest BCUT2D eigenvalue weighted by atomic mass is 32.3. The smallest absolute Gasteiger partial charge is 0.399 e. The minimum absolute atomic E-state index is 0.0784. The Morgan fingerprint density at radius 1 is 1.24 bits per heavy atom. The van der Waals surface area contributed by atoms with E-state index in [1.165, 1.54) is 0 Å². The first kappa shape index (κ1) is 30.8. The number of phenols is 1. The molecule has 3 aliphatic carbocycles. The Hall–Kier alpha value is -4.10. The lowest BCUT2D eigenvalue weighted by molar-refractivity contribution is -0.385. The predicted octanol–water partition coefficient (Wildman–Crippen LogP) is -0.00380. The summed E-state index contributed by atoms with van der Waals surface area (Å²) >= 11 is 0. The summed E-state index contributed by atoms with van der Waals surface area (Å²) in [4.78, 5) is 51.2. The van der Waals surface area contributed by atoms with Crippen molar-refractivity contribution < 1.29 is 56.9 Å². The van der Waals surface area contributed by atoms with Crippen LogP contribution in [0.25, 0.3) is 0 Å². The molecule has 0 saturated carbocycles. The van der Waals surface area contributed by atoms with Gasteiger partial charge in [-0.2, -0.15) is 8.42 Å². The van der Waals surface area contributed by atoms with Crippen molar-refractivity contribution in [3.8, 4) is 5.75 Å². The molecular weight excluding hydrogens is 584 g/mol. The van der Waals surface area contributed by atoms with Gasteiger partial charge in [-0.3, -0.25) is 34.0 Å². The summed E-state index contributed by atoms with van der Waals surface area (Å²) in [6.45, 7) is 3.40. The number of hydrogen-bond acceptors (Lipinski definition) is 14. The molecule has 42 heavy (non-hydrogen) atoms. The number of rotatable bonds is 7. The van der Waals surface area contributed by atoms with E-state index < -0.39 is 102 Å². The van der Waals surface area contributed by atoms with E-state index in [0.717, 1.165) is 25.1 Å². The maximum atomic E-state index is 13.8. The quantitative estimate of drug-likeness (QED) is 0.0532. The summed E-state index contributed by atoms with van der Waals surface area (Å²) in [5.74, 6) is -11.6. The van der Waals surface area contributed by atoms with Gasteiger partial charge in [0.25, 0.3) is 5.91 Å². The zero-order chi connectivity index (χ0) is 31.9. The van der Waals surface area contributed by atoms with E-state index in [-0.39, 0.29) is 23.7 Å². The number of likely N-dealkylation sites (N-methyl/N-ethyl adjacent to an activating group) is 1. The molecule has 0 saturated heterocycles. The number of aliphatic hydroxyl groups is 3. The van der Waals surface area contributed by atoms with Crippen molar-refractivity contribution in [2.24, 2.45) is 17.6 Å². The number of primary amides is 1. The molecule has 0 aromatic heterocycles. The van der Waals surface area contributed by atoms with Crippen molar-refractivity contribution in [2.75, 3.05) is 19.4 Å². The van der Waals surface area contributed by atoms with Crippen molar-refractivity contribution in [1.82, 2.24) is 4.90 Å². The van der Waals surface area contributed by atoms with Crippen LogP contribution < -0.4 is 11.1 Å². The van der Waals surface area contributed by atoms with Gasteiger partial charge in [0, 0.05) is 23.4 Å². The van der Waals surface area contributed by atoms with E-state index in [1.807, 2.05) is 0 Å². The number of nitrogens with one attached hydrogen (secondary N) is 1. The Balaban J connectivity index is 2.09. The number of nitrogens with zero attached hydrogens (tertiary/aromatic N) is 2. The Kier molecular flexibility index (Phi) is 7.15. The minimum atomic E-state index is -5.53. The topological polar surface area (TPSA) is 280 Å². The lowest BCUT2D eigenvalue weighted by atomic mass is 9.57. The number of allylic oxidation sites excluding steroid dienone is 1. The molecule has 1 aromatic carbocycles. The number of benzene rings is 1. The highest BCUT2D eigenvalue weighted by molar-refractivity contribution is 7.80. The number of amides is 1. The fourth-order valence-electron chi connectivity index (χ4n) is 6.17. The van der Waals surface area contributed by atoms with E-state index in [2.05, 4.69) is 5.32 Å². The summed E-state index contributed by atoms with van der Waals surface area (Å²) < 4.78 is 38.5. The van der Waals surface area contributed by atoms with E-state index in [0.29, 0.717) is 0 Å². The van der Waals surface area contributed by atoms with Crippen molar-refractivity contribution in [2.45, 2.75) is 44.1 Å². The van der Waals surface area contributed by atoms with Crippen LogP contribution in [0.5, 0.6) is 5.75 Å². The predicted molar refractivity (Wildman–Crippen MR) is 141 cm³/mol. The SMILES string of the molecule is CC(C)Nc1cc([N+](=O)[O-])c(O)c2c1CC1CC3[C@@](O)(C(=O)C(C(N)=O)=C(O)[C@@]3(OS(=O)(=O)O)N(C)C)C(O)=C1C2=O.